The van der Waals surface area contributed by atoms with Crippen molar-refractivity contribution in [2.75, 3.05) is 0 Å². The fourth-order valence-corrected chi connectivity index (χ4v) is 4.38. The second-order valence-corrected chi connectivity index (χ2v) is 6.92. The maximum atomic E-state index is 12.1. The summed E-state index contributed by atoms with van der Waals surface area (Å²) in [4.78, 5) is 13.5. The van der Waals surface area contributed by atoms with Crippen LogP contribution in [0.4, 0.5) is 0 Å². The van der Waals surface area contributed by atoms with Gasteiger partial charge in [-0.25, -0.2) is 0 Å². The minimum absolute atomic E-state index is 0.00782. The number of carbonyl (C=O) groups excluding carboxylic acids is 1. The molecule has 0 spiro atoms. The van der Waals surface area contributed by atoms with Crippen molar-refractivity contribution in [3.8, 4) is 0 Å². The summed E-state index contributed by atoms with van der Waals surface area (Å²) in [5.41, 5.74) is 0.555. The van der Waals surface area contributed by atoms with Gasteiger partial charge in [0.05, 0.1) is 18.1 Å². The Morgan fingerprint density at radius 1 is 1.42 bits per heavy atom. The Morgan fingerprint density at radius 2 is 2.21 bits per heavy atom. The molecule has 1 saturated carbocycles. The summed E-state index contributed by atoms with van der Waals surface area (Å²) >= 11 is 1.79. The van der Waals surface area contributed by atoms with E-state index in [1.165, 1.54) is 10.4 Å². The summed E-state index contributed by atoms with van der Waals surface area (Å²) in [6.07, 6.45) is 7.20. The molecule has 0 saturated heterocycles. The van der Waals surface area contributed by atoms with Gasteiger partial charge in [0.2, 0.25) is 5.91 Å². The molecule has 1 aromatic rings. The average molecular weight is 279 g/mol. The topological polar surface area (TPSA) is 49.3 Å². The van der Waals surface area contributed by atoms with Gasteiger partial charge in [0.1, 0.15) is 0 Å². The fraction of sp³-hybridized carbons (Fsp3) is 0.667. The van der Waals surface area contributed by atoms with Crippen molar-refractivity contribution in [2.24, 2.45) is 0 Å². The molecule has 2 aliphatic rings. The van der Waals surface area contributed by atoms with Crippen LogP contribution in [0.2, 0.25) is 0 Å². The van der Waals surface area contributed by atoms with E-state index < -0.39 is 5.60 Å². The molecule has 0 bridgehead atoms. The van der Waals surface area contributed by atoms with Gasteiger partial charge in [0.15, 0.2) is 0 Å². The highest BCUT2D eigenvalue weighted by Gasteiger charge is 2.34. The van der Waals surface area contributed by atoms with Gasteiger partial charge in [0.25, 0.3) is 0 Å². The molecule has 4 heteroatoms. The lowest BCUT2D eigenvalue weighted by atomic mass is 9.92. The van der Waals surface area contributed by atoms with Gasteiger partial charge in [-0.05, 0) is 49.1 Å². The molecule has 1 aromatic heterocycles. The molecule has 1 fully saturated rings. The van der Waals surface area contributed by atoms with E-state index >= 15 is 0 Å². The van der Waals surface area contributed by atoms with Gasteiger partial charge in [-0.2, -0.15) is 0 Å². The number of aryl methyl sites for hydroxylation is 1. The number of hydrogen-bond acceptors (Lipinski definition) is 3. The van der Waals surface area contributed by atoms with Crippen LogP contribution < -0.4 is 5.32 Å². The molecule has 1 atom stereocenters. The van der Waals surface area contributed by atoms with Crippen molar-refractivity contribution in [2.45, 2.75) is 63.0 Å². The zero-order valence-electron chi connectivity index (χ0n) is 11.2. The quantitative estimate of drug-likeness (QED) is 0.893. The number of amides is 1. The van der Waals surface area contributed by atoms with Crippen molar-refractivity contribution in [1.82, 2.24) is 5.32 Å². The van der Waals surface area contributed by atoms with Gasteiger partial charge in [-0.3, -0.25) is 4.79 Å². The SMILES string of the molecule is O=C(CC1(O)CCCC1)NC1CCCc2sccc21. The van der Waals surface area contributed by atoms with E-state index in [1.54, 1.807) is 11.3 Å². The largest absolute Gasteiger partial charge is 0.389 e. The third-order valence-electron chi connectivity index (χ3n) is 4.41. The summed E-state index contributed by atoms with van der Waals surface area (Å²) in [5.74, 6) is 0.00782. The van der Waals surface area contributed by atoms with Crippen LogP contribution >= 0.6 is 11.3 Å². The Bertz CT molecular complexity index is 462. The van der Waals surface area contributed by atoms with Crippen LogP contribution in [0.25, 0.3) is 0 Å². The second-order valence-electron chi connectivity index (χ2n) is 5.92. The average Bonchev–Trinajstić information content (AvgIpc) is 2.98. The van der Waals surface area contributed by atoms with E-state index in [1.807, 2.05) is 0 Å². The third-order valence-corrected chi connectivity index (χ3v) is 5.41. The Morgan fingerprint density at radius 3 is 3.00 bits per heavy atom. The van der Waals surface area contributed by atoms with Crippen LogP contribution in [0, 0.1) is 0 Å². The summed E-state index contributed by atoms with van der Waals surface area (Å²) in [5, 5.41) is 15.5. The van der Waals surface area contributed by atoms with E-state index in [0.29, 0.717) is 0 Å². The molecule has 1 unspecified atom stereocenters. The molecule has 2 N–H and O–H groups in total. The minimum Gasteiger partial charge on any atom is -0.389 e. The molecule has 1 heterocycles. The monoisotopic (exact) mass is 279 g/mol. The smallest absolute Gasteiger partial charge is 0.223 e. The van der Waals surface area contributed by atoms with Crippen LogP contribution in [0.5, 0.6) is 0 Å². The van der Waals surface area contributed by atoms with Crippen molar-refractivity contribution in [3.05, 3.63) is 21.9 Å². The van der Waals surface area contributed by atoms with Gasteiger partial charge in [-0.15, -0.1) is 11.3 Å². The van der Waals surface area contributed by atoms with E-state index in [4.69, 9.17) is 0 Å². The predicted octanol–water partition coefficient (Wildman–Crippen LogP) is 2.94. The van der Waals surface area contributed by atoms with E-state index in [9.17, 15) is 9.90 Å². The van der Waals surface area contributed by atoms with Crippen LogP contribution in [0.15, 0.2) is 11.4 Å². The van der Waals surface area contributed by atoms with Crippen LogP contribution in [-0.2, 0) is 11.2 Å². The first-order chi connectivity index (χ1) is 9.16. The minimum atomic E-state index is -0.740. The zero-order valence-corrected chi connectivity index (χ0v) is 12.0. The zero-order chi connectivity index (χ0) is 13.3. The molecule has 3 rings (SSSR count). The number of nitrogens with one attached hydrogen (secondary N) is 1. The molecular formula is C15H21NO2S. The summed E-state index contributed by atoms with van der Waals surface area (Å²) in [6, 6.07) is 2.29. The first-order valence-corrected chi connectivity index (χ1v) is 8.12. The molecule has 3 nitrogen and oxygen atoms in total. The fourth-order valence-electron chi connectivity index (χ4n) is 3.39. The van der Waals surface area contributed by atoms with Crippen molar-refractivity contribution >= 4 is 17.2 Å². The summed E-state index contributed by atoms with van der Waals surface area (Å²) < 4.78 is 0. The van der Waals surface area contributed by atoms with Crippen LogP contribution in [-0.4, -0.2) is 16.6 Å². The molecular weight excluding hydrogens is 258 g/mol. The Labute approximate surface area is 118 Å². The maximum absolute atomic E-state index is 12.1. The first kappa shape index (κ1) is 13.1. The lowest BCUT2D eigenvalue weighted by Gasteiger charge is -2.26. The van der Waals surface area contributed by atoms with Gasteiger partial charge >= 0.3 is 0 Å². The van der Waals surface area contributed by atoms with Crippen molar-refractivity contribution in [1.29, 1.82) is 0 Å². The normalized spacial score (nSPS) is 25.0. The van der Waals surface area contributed by atoms with Gasteiger partial charge < -0.3 is 10.4 Å². The number of aliphatic hydroxyl groups is 1. The lowest BCUT2D eigenvalue weighted by molar-refractivity contribution is -0.126. The Balaban J connectivity index is 1.62. The molecule has 19 heavy (non-hydrogen) atoms. The van der Waals surface area contributed by atoms with Crippen LogP contribution in [0.1, 0.15) is 61.4 Å². The van der Waals surface area contributed by atoms with Crippen LogP contribution in [0.3, 0.4) is 0 Å². The molecule has 104 valence electrons. The number of carbonyl (C=O) groups is 1. The van der Waals surface area contributed by atoms with E-state index in [2.05, 4.69) is 16.8 Å². The van der Waals surface area contributed by atoms with Gasteiger partial charge in [0, 0.05) is 4.88 Å². The Kier molecular flexibility index (Phi) is 3.63. The second kappa shape index (κ2) is 5.25. The summed E-state index contributed by atoms with van der Waals surface area (Å²) in [7, 11) is 0. The molecule has 0 aromatic carbocycles. The Hall–Kier alpha value is -0.870. The predicted molar refractivity (Wildman–Crippen MR) is 76.2 cm³/mol. The van der Waals surface area contributed by atoms with E-state index in [-0.39, 0.29) is 18.4 Å². The highest BCUT2D eigenvalue weighted by atomic mass is 32.1. The third kappa shape index (κ3) is 2.84. The highest BCUT2D eigenvalue weighted by Crippen LogP contribution is 2.35. The van der Waals surface area contributed by atoms with Crippen molar-refractivity contribution < 1.29 is 9.90 Å². The standard InChI is InChI=1S/C15H21NO2S/c17-14(10-15(18)7-1-2-8-15)16-12-4-3-5-13-11(12)6-9-19-13/h6,9,12,18H,1-5,7-8,10H2,(H,16,17). The van der Waals surface area contributed by atoms with Gasteiger partial charge in [-0.1, -0.05) is 12.8 Å². The number of hydrogen-bond donors (Lipinski definition) is 2. The maximum Gasteiger partial charge on any atom is 0.223 e. The molecule has 2 aliphatic carbocycles. The number of fused-ring (bicyclic) bond motifs is 1. The number of thiophene rings is 1. The summed E-state index contributed by atoms with van der Waals surface area (Å²) in [6.45, 7) is 0. The highest BCUT2D eigenvalue weighted by molar-refractivity contribution is 7.10. The lowest BCUT2D eigenvalue weighted by Crippen LogP contribution is -2.37. The van der Waals surface area contributed by atoms with Crippen molar-refractivity contribution in [3.63, 3.8) is 0 Å². The first-order valence-electron chi connectivity index (χ1n) is 7.24. The molecule has 1 amide bonds. The molecule has 0 radical (unpaired) electrons. The number of rotatable bonds is 3. The molecule has 0 aliphatic heterocycles. The van der Waals surface area contributed by atoms with E-state index in [0.717, 1.165) is 44.9 Å².